The molecule has 2 bridgehead atoms. The molecule has 0 saturated carbocycles. The van der Waals surface area contributed by atoms with E-state index in [4.69, 9.17) is 14.2 Å². The van der Waals surface area contributed by atoms with Crippen molar-refractivity contribution in [2.45, 2.75) is 31.8 Å². The maximum Gasteiger partial charge on any atom is 0.337 e. The van der Waals surface area contributed by atoms with Crippen LogP contribution in [0.3, 0.4) is 0 Å². The fraction of sp³-hybridized carbons (Fsp3) is 0.429. The second-order valence-corrected chi connectivity index (χ2v) is 7.27. The topological polar surface area (TPSA) is 123 Å². The predicted molar refractivity (Wildman–Crippen MR) is 98.4 cm³/mol. The number of nitriles is 1. The first-order valence-electron chi connectivity index (χ1n) is 9.06. The zero-order valence-electron chi connectivity index (χ0n) is 16.5. The fourth-order valence-electron chi connectivity index (χ4n) is 4.47. The minimum Gasteiger partial charge on any atom is -0.511 e. The number of carbonyl (C=O) groups excluding carboxylic acids is 3. The molecule has 0 aromatic heterocycles. The van der Waals surface area contributed by atoms with Crippen LogP contribution in [-0.2, 0) is 28.6 Å². The molecule has 4 atom stereocenters. The maximum atomic E-state index is 13.3. The normalized spacial score (nSPS) is 27.1. The Morgan fingerprint density at radius 1 is 1.14 bits per heavy atom. The lowest BCUT2D eigenvalue weighted by molar-refractivity contribution is -0.161. The highest BCUT2D eigenvalue weighted by Gasteiger charge is 2.69. The van der Waals surface area contributed by atoms with Crippen LogP contribution >= 0.6 is 0 Å². The number of esters is 3. The molecule has 0 unspecified atom stereocenters. The van der Waals surface area contributed by atoms with Crippen molar-refractivity contribution >= 4 is 17.9 Å². The summed E-state index contributed by atoms with van der Waals surface area (Å²) >= 11 is 0. The molecule has 0 fully saturated rings. The number of fused-ring (bicyclic) bond motifs is 5. The molecule has 1 N–H and O–H groups in total. The molecule has 8 nitrogen and oxygen atoms in total. The van der Waals surface area contributed by atoms with Gasteiger partial charge in [-0.25, -0.2) is 4.79 Å². The van der Waals surface area contributed by atoms with E-state index in [1.165, 1.54) is 0 Å². The van der Waals surface area contributed by atoms with Crippen LogP contribution in [0.15, 0.2) is 35.6 Å². The van der Waals surface area contributed by atoms with Crippen molar-refractivity contribution in [1.82, 2.24) is 0 Å². The van der Waals surface area contributed by atoms with Crippen molar-refractivity contribution in [2.75, 3.05) is 14.2 Å². The van der Waals surface area contributed by atoms with Crippen molar-refractivity contribution in [3.05, 3.63) is 46.7 Å². The summed E-state index contributed by atoms with van der Waals surface area (Å²) in [5, 5.41) is 21.1. The van der Waals surface area contributed by atoms with E-state index in [9.17, 15) is 24.8 Å². The van der Waals surface area contributed by atoms with Crippen molar-refractivity contribution in [3.8, 4) is 6.07 Å². The summed E-state index contributed by atoms with van der Waals surface area (Å²) in [5.74, 6) is -6.90. The van der Waals surface area contributed by atoms with E-state index in [0.717, 1.165) is 14.2 Å². The number of benzene rings is 1. The van der Waals surface area contributed by atoms with Gasteiger partial charge in [-0.05, 0) is 25.0 Å². The number of hydrogen-bond acceptors (Lipinski definition) is 8. The van der Waals surface area contributed by atoms with Gasteiger partial charge in [-0.3, -0.25) is 9.59 Å². The van der Waals surface area contributed by atoms with E-state index in [-0.39, 0.29) is 5.57 Å². The summed E-state index contributed by atoms with van der Waals surface area (Å²) < 4.78 is 15.0. The van der Waals surface area contributed by atoms with Gasteiger partial charge in [-0.2, -0.15) is 5.26 Å². The van der Waals surface area contributed by atoms with Crippen LogP contribution in [-0.4, -0.2) is 43.3 Å². The lowest BCUT2D eigenvalue weighted by Crippen LogP contribution is -2.49. The van der Waals surface area contributed by atoms with Gasteiger partial charge in [0.25, 0.3) is 0 Å². The molecule has 29 heavy (non-hydrogen) atoms. The number of carbonyl (C=O) groups is 3. The van der Waals surface area contributed by atoms with E-state index in [1.807, 2.05) is 6.07 Å². The summed E-state index contributed by atoms with van der Waals surface area (Å²) in [6.45, 7) is 3.26. The molecule has 0 aliphatic heterocycles. The summed E-state index contributed by atoms with van der Waals surface area (Å²) in [6, 6.07) is 8.74. The van der Waals surface area contributed by atoms with Gasteiger partial charge in [0.05, 0.1) is 32.0 Å². The molecule has 152 valence electrons. The second-order valence-electron chi connectivity index (χ2n) is 7.27. The number of aliphatic hydroxyl groups is 1. The second kappa shape index (κ2) is 7.24. The van der Waals surface area contributed by atoms with Crippen LogP contribution in [0.5, 0.6) is 0 Å². The Hall–Kier alpha value is -3.34. The average Bonchev–Trinajstić information content (AvgIpc) is 2.92. The molecule has 1 aromatic carbocycles. The maximum absolute atomic E-state index is 13.3. The fourth-order valence-corrected chi connectivity index (χ4v) is 4.47. The third kappa shape index (κ3) is 2.69. The standard InChI is InChI=1S/C21H21NO7/c1-10(2)29-20(26)21(9-22)15-11-7-5-6-8-12(11)16(21)14(19(25)28-4)17(23)13(15)18(24)27-3/h5-8,10,13,15-16,23H,1-4H3/t13-,15-,16-,21-/m1/s1. The van der Waals surface area contributed by atoms with Crippen LogP contribution in [0.2, 0.25) is 0 Å². The number of hydrogen-bond donors (Lipinski definition) is 1. The number of ether oxygens (including phenoxy) is 3. The monoisotopic (exact) mass is 399 g/mol. The Balaban J connectivity index is 2.41. The summed E-state index contributed by atoms with van der Waals surface area (Å²) in [4.78, 5) is 38.5. The first kappa shape index (κ1) is 20.4. The summed E-state index contributed by atoms with van der Waals surface area (Å²) in [6.07, 6.45) is -0.534. The molecule has 2 aliphatic carbocycles. The van der Waals surface area contributed by atoms with Gasteiger partial charge < -0.3 is 19.3 Å². The van der Waals surface area contributed by atoms with Gasteiger partial charge >= 0.3 is 17.9 Å². The van der Waals surface area contributed by atoms with Gasteiger partial charge in [0.1, 0.15) is 11.7 Å². The Morgan fingerprint density at radius 3 is 2.28 bits per heavy atom. The van der Waals surface area contributed by atoms with Crippen LogP contribution < -0.4 is 0 Å². The SMILES string of the molecule is COC(=O)C1=C(O)[C@H](C(=O)OC)[C@H]2c3ccccc3[C@H]1[C@]2(C#N)C(=O)OC(C)C. The summed E-state index contributed by atoms with van der Waals surface area (Å²) in [5.41, 5.74) is -1.27. The number of aliphatic hydroxyl groups excluding tert-OH is 1. The molecule has 0 amide bonds. The largest absolute Gasteiger partial charge is 0.511 e. The molecule has 0 spiro atoms. The highest BCUT2D eigenvalue weighted by molar-refractivity contribution is 5.99. The number of rotatable bonds is 4. The lowest BCUT2D eigenvalue weighted by Gasteiger charge is -2.40. The van der Waals surface area contributed by atoms with Crippen molar-refractivity contribution in [3.63, 3.8) is 0 Å². The van der Waals surface area contributed by atoms with E-state index in [1.54, 1.807) is 38.1 Å². The summed E-state index contributed by atoms with van der Waals surface area (Å²) in [7, 11) is 2.24. The van der Waals surface area contributed by atoms with Crippen LogP contribution in [0.25, 0.3) is 0 Å². The van der Waals surface area contributed by atoms with Crippen LogP contribution in [0.4, 0.5) is 0 Å². The Bertz CT molecular complexity index is 958. The first-order chi connectivity index (χ1) is 13.8. The smallest absolute Gasteiger partial charge is 0.337 e. The molecule has 0 saturated heterocycles. The Kier molecular flexibility index (Phi) is 5.09. The van der Waals surface area contributed by atoms with E-state index in [0.29, 0.717) is 11.1 Å². The van der Waals surface area contributed by atoms with E-state index in [2.05, 4.69) is 0 Å². The van der Waals surface area contributed by atoms with Gasteiger partial charge in [0, 0.05) is 11.8 Å². The Labute approximate surface area is 167 Å². The lowest BCUT2D eigenvalue weighted by atomic mass is 9.60. The van der Waals surface area contributed by atoms with Gasteiger partial charge in [-0.15, -0.1) is 0 Å². The van der Waals surface area contributed by atoms with Crippen molar-refractivity contribution in [2.24, 2.45) is 11.3 Å². The predicted octanol–water partition coefficient (Wildman–Crippen LogP) is 2.12. The molecule has 0 radical (unpaired) electrons. The number of nitrogens with zero attached hydrogens (tertiary/aromatic N) is 1. The van der Waals surface area contributed by atoms with Gasteiger partial charge in [0.15, 0.2) is 5.41 Å². The van der Waals surface area contributed by atoms with Crippen LogP contribution in [0.1, 0.15) is 36.8 Å². The molecular formula is C21H21NO7. The molecular weight excluding hydrogens is 378 g/mol. The van der Waals surface area contributed by atoms with Crippen molar-refractivity contribution < 1.29 is 33.7 Å². The average molecular weight is 399 g/mol. The van der Waals surface area contributed by atoms with E-state index < -0.39 is 52.9 Å². The minimum absolute atomic E-state index is 0.314. The molecule has 1 aromatic rings. The highest BCUT2D eigenvalue weighted by Crippen LogP contribution is 2.65. The van der Waals surface area contributed by atoms with Crippen molar-refractivity contribution in [1.29, 1.82) is 5.26 Å². The number of methoxy groups -OCH3 is 2. The molecule has 3 rings (SSSR count). The quantitative estimate of drug-likeness (QED) is 0.603. The molecule has 2 aliphatic rings. The molecule has 8 heteroatoms. The molecule has 0 heterocycles. The highest BCUT2D eigenvalue weighted by atomic mass is 16.5. The third-order valence-corrected chi connectivity index (χ3v) is 5.51. The first-order valence-corrected chi connectivity index (χ1v) is 9.06. The van der Waals surface area contributed by atoms with Gasteiger partial charge in [0.2, 0.25) is 0 Å². The minimum atomic E-state index is -1.94. The zero-order chi connectivity index (χ0) is 21.5. The van der Waals surface area contributed by atoms with Crippen LogP contribution in [0, 0.1) is 22.7 Å². The Morgan fingerprint density at radius 2 is 1.76 bits per heavy atom. The van der Waals surface area contributed by atoms with E-state index >= 15 is 0 Å². The third-order valence-electron chi connectivity index (χ3n) is 5.51. The zero-order valence-corrected chi connectivity index (χ0v) is 16.5. The van der Waals surface area contributed by atoms with Gasteiger partial charge in [-0.1, -0.05) is 24.3 Å².